The maximum absolute atomic E-state index is 11.0. The lowest BCUT2D eigenvalue weighted by atomic mass is 10.0. The molecular weight excluding hydrogens is 266 g/mol. The zero-order valence-electron chi connectivity index (χ0n) is 9.57. The molecule has 1 heterocycles. The Morgan fingerprint density at radius 3 is 2.39 bits per heavy atom. The van der Waals surface area contributed by atoms with Crippen LogP contribution in [0.4, 0.5) is 4.79 Å². The summed E-state index contributed by atoms with van der Waals surface area (Å²) >= 11 is 0. The fraction of sp³-hybridized carbons (Fsp3) is 0.778. The van der Waals surface area contributed by atoms with Gasteiger partial charge in [0.1, 0.15) is 6.04 Å². The number of carboxylic acid groups (broad SMARTS) is 2. The van der Waals surface area contributed by atoms with Crippen LogP contribution in [0.5, 0.6) is 0 Å². The van der Waals surface area contributed by atoms with Gasteiger partial charge in [-0.3, -0.25) is 9.08 Å². The predicted molar refractivity (Wildman–Crippen MR) is 57.5 cm³/mol. The summed E-state index contributed by atoms with van der Waals surface area (Å²) < 4.78 is 26.5. The summed E-state index contributed by atoms with van der Waals surface area (Å²) in [6.07, 6.45) is 0.138. The van der Waals surface area contributed by atoms with Crippen molar-refractivity contribution >= 4 is 22.2 Å². The first-order valence-corrected chi connectivity index (χ1v) is 7.06. The summed E-state index contributed by atoms with van der Waals surface area (Å²) in [5.41, 5.74) is -0.662. The molecule has 1 saturated heterocycles. The number of fused-ring (bicyclic) bond motifs is 1. The van der Waals surface area contributed by atoms with Gasteiger partial charge in [-0.05, 0) is 12.8 Å². The van der Waals surface area contributed by atoms with E-state index in [0.717, 1.165) is 11.2 Å². The van der Waals surface area contributed by atoms with Crippen molar-refractivity contribution in [3.05, 3.63) is 0 Å². The van der Waals surface area contributed by atoms with Crippen LogP contribution >= 0.6 is 0 Å². The Kier molecular flexibility index (Phi) is 2.78. The summed E-state index contributed by atoms with van der Waals surface area (Å²) in [6, 6.07) is -1.58. The smallest absolute Gasteiger partial charge is 0.408 e. The average molecular weight is 279 g/mol. The molecule has 2 rings (SSSR count). The maximum Gasteiger partial charge on any atom is 0.408 e. The first-order chi connectivity index (χ1) is 8.16. The van der Waals surface area contributed by atoms with Gasteiger partial charge in [-0.1, -0.05) is 0 Å². The van der Waals surface area contributed by atoms with Gasteiger partial charge in [-0.2, -0.15) is 8.42 Å². The van der Waals surface area contributed by atoms with Crippen LogP contribution in [0.2, 0.25) is 0 Å². The molecule has 2 unspecified atom stereocenters. The average Bonchev–Trinajstić information content (AvgIpc) is 2.80. The highest BCUT2D eigenvalue weighted by Crippen LogP contribution is 2.59. The number of amides is 1. The van der Waals surface area contributed by atoms with Crippen molar-refractivity contribution in [2.24, 2.45) is 5.41 Å². The van der Waals surface area contributed by atoms with Crippen LogP contribution in [0, 0.1) is 5.41 Å². The van der Waals surface area contributed by atoms with Crippen LogP contribution in [-0.2, 0) is 19.1 Å². The largest absolute Gasteiger partial charge is 0.480 e. The lowest BCUT2D eigenvalue weighted by Gasteiger charge is -2.20. The van der Waals surface area contributed by atoms with E-state index in [0.29, 0.717) is 6.42 Å². The summed E-state index contributed by atoms with van der Waals surface area (Å²) in [6.45, 7) is -0.163. The zero-order valence-corrected chi connectivity index (χ0v) is 10.4. The second-order valence-corrected chi connectivity index (χ2v) is 6.44. The number of likely N-dealkylation sites (tertiary alicyclic amines) is 1. The Balaban J connectivity index is 2.12. The molecule has 1 saturated carbocycles. The molecule has 1 aliphatic carbocycles. The Morgan fingerprint density at radius 1 is 1.39 bits per heavy atom. The number of rotatable bonds is 4. The van der Waals surface area contributed by atoms with E-state index in [1.165, 1.54) is 0 Å². The van der Waals surface area contributed by atoms with Gasteiger partial charge in [0.05, 0.1) is 12.9 Å². The number of hydrogen-bond donors (Lipinski definition) is 2. The third-order valence-electron chi connectivity index (χ3n) is 3.48. The highest BCUT2D eigenvalue weighted by atomic mass is 32.2. The second-order valence-electron chi connectivity index (χ2n) is 4.80. The SMILES string of the molecule is CS(=O)(=O)OCC12CC1N(C(=O)O)[C@H](C(=O)O)C2. The molecule has 2 aliphatic rings. The van der Waals surface area contributed by atoms with Crippen molar-refractivity contribution in [2.75, 3.05) is 12.9 Å². The quantitative estimate of drug-likeness (QED) is 0.669. The normalized spacial score (nSPS) is 34.2. The molecule has 0 aromatic rings. The first kappa shape index (κ1) is 13.1. The molecule has 3 atom stereocenters. The van der Waals surface area contributed by atoms with Gasteiger partial charge in [-0.25, -0.2) is 9.59 Å². The molecule has 0 aromatic carbocycles. The van der Waals surface area contributed by atoms with Crippen molar-refractivity contribution in [3.8, 4) is 0 Å². The number of carbonyl (C=O) groups is 2. The standard InChI is InChI=1S/C9H13NO7S/c1-18(15,16)17-4-9-2-5(7(11)12)10(8(13)14)6(9)3-9/h5-6H,2-4H2,1H3,(H,11,12)(H,13,14)/t5-,6?,9?/m0/s1. The Hall–Kier alpha value is -1.35. The molecule has 8 nitrogen and oxygen atoms in total. The minimum absolute atomic E-state index is 0.0921. The van der Waals surface area contributed by atoms with Gasteiger partial charge in [0.25, 0.3) is 10.1 Å². The number of piperidine rings is 1. The molecule has 1 amide bonds. The molecule has 9 heteroatoms. The first-order valence-electron chi connectivity index (χ1n) is 5.25. The van der Waals surface area contributed by atoms with E-state index in [-0.39, 0.29) is 13.0 Å². The van der Waals surface area contributed by atoms with Gasteiger partial charge in [0.15, 0.2) is 0 Å². The zero-order chi connectivity index (χ0) is 13.7. The number of carboxylic acids is 1. The third-order valence-corrected chi connectivity index (χ3v) is 4.03. The van der Waals surface area contributed by atoms with E-state index in [2.05, 4.69) is 4.18 Å². The minimum atomic E-state index is -3.61. The van der Waals surface area contributed by atoms with Gasteiger partial charge in [0, 0.05) is 11.5 Å². The monoisotopic (exact) mass is 279 g/mol. The van der Waals surface area contributed by atoms with Crippen LogP contribution in [-0.4, -0.2) is 60.5 Å². The topological polar surface area (TPSA) is 121 Å². The van der Waals surface area contributed by atoms with E-state index in [4.69, 9.17) is 10.2 Å². The predicted octanol–water partition coefficient (Wildman–Crippen LogP) is -0.442. The molecule has 0 aromatic heterocycles. The molecule has 2 fully saturated rings. The Bertz CT molecular complexity index is 501. The van der Waals surface area contributed by atoms with Crippen LogP contribution < -0.4 is 0 Å². The van der Waals surface area contributed by atoms with Crippen LogP contribution in [0.15, 0.2) is 0 Å². The number of hydrogen-bond acceptors (Lipinski definition) is 5. The summed E-state index contributed by atoms with van der Waals surface area (Å²) in [5, 5.41) is 17.9. The molecule has 1 aliphatic heterocycles. The van der Waals surface area contributed by atoms with E-state index in [1.54, 1.807) is 0 Å². The minimum Gasteiger partial charge on any atom is -0.480 e. The van der Waals surface area contributed by atoms with Crippen molar-refractivity contribution in [2.45, 2.75) is 24.9 Å². The summed E-state index contributed by atoms with van der Waals surface area (Å²) in [5.74, 6) is -1.22. The molecule has 0 bridgehead atoms. The fourth-order valence-corrected chi connectivity index (χ4v) is 3.00. The molecule has 0 radical (unpaired) electrons. The summed E-state index contributed by atoms with van der Waals surface area (Å²) in [7, 11) is -3.61. The lowest BCUT2D eigenvalue weighted by molar-refractivity contribution is -0.142. The molecular formula is C9H13NO7S. The highest BCUT2D eigenvalue weighted by Gasteiger charge is 2.68. The van der Waals surface area contributed by atoms with E-state index in [9.17, 15) is 18.0 Å². The van der Waals surface area contributed by atoms with E-state index >= 15 is 0 Å². The van der Waals surface area contributed by atoms with Gasteiger partial charge in [0.2, 0.25) is 0 Å². The van der Waals surface area contributed by atoms with E-state index in [1.807, 2.05) is 0 Å². The lowest BCUT2D eigenvalue weighted by Crippen LogP contribution is -2.42. The Morgan fingerprint density at radius 2 is 2.00 bits per heavy atom. The van der Waals surface area contributed by atoms with Gasteiger partial charge < -0.3 is 10.2 Å². The fourth-order valence-electron chi connectivity index (χ4n) is 2.55. The van der Waals surface area contributed by atoms with Crippen molar-refractivity contribution < 1.29 is 32.4 Å². The van der Waals surface area contributed by atoms with Crippen molar-refractivity contribution in [3.63, 3.8) is 0 Å². The van der Waals surface area contributed by atoms with Crippen LogP contribution in [0.25, 0.3) is 0 Å². The molecule has 2 N–H and O–H groups in total. The molecule has 0 spiro atoms. The van der Waals surface area contributed by atoms with Gasteiger partial charge in [-0.15, -0.1) is 0 Å². The Labute approximate surface area is 103 Å². The summed E-state index contributed by atoms with van der Waals surface area (Å²) in [4.78, 5) is 22.8. The third kappa shape index (κ3) is 2.15. The number of aliphatic carboxylic acids is 1. The van der Waals surface area contributed by atoms with Gasteiger partial charge >= 0.3 is 12.1 Å². The van der Waals surface area contributed by atoms with Crippen LogP contribution in [0.1, 0.15) is 12.8 Å². The molecule has 18 heavy (non-hydrogen) atoms. The number of nitrogens with zero attached hydrogens (tertiary/aromatic N) is 1. The van der Waals surface area contributed by atoms with E-state index < -0.39 is 39.7 Å². The maximum atomic E-state index is 11.0. The van der Waals surface area contributed by atoms with Crippen molar-refractivity contribution in [1.29, 1.82) is 0 Å². The second kappa shape index (κ2) is 3.82. The highest BCUT2D eigenvalue weighted by molar-refractivity contribution is 7.85. The molecule has 102 valence electrons. The van der Waals surface area contributed by atoms with Crippen molar-refractivity contribution in [1.82, 2.24) is 4.90 Å². The van der Waals surface area contributed by atoms with Crippen LogP contribution in [0.3, 0.4) is 0 Å².